The Morgan fingerprint density at radius 3 is 2.47 bits per heavy atom. The van der Waals surface area contributed by atoms with Crippen LogP contribution in [0.5, 0.6) is 0 Å². The predicted octanol–water partition coefficient (Wildman–Crippen LogP) is 0.949. The zero-order valence-electron chi connectivity index (χ0n) is 11.2. The van der Waals surface area contributed by atoms with Crippen LogP contribution in [0.3, 0.4) is 0 Å². The summed E-state index contributed by atoms with van der Waals surface area (Å²) in [6, 6.07) is 0. The lowest BCUT2D eigenvalue weighted by Crippen LogP contribution is -2.50. The van der Waals surface area contributed by atoms with Gasteiger partial charge in [0, 0.05) is 38.7 Å². The molecule has 1 amide bonds. The quantitative estimate of drug-likeness (QED) is 0.754. The minimum atomic E-state index is 0.0554. The van der Waals surface area contributed by atoms with Crippen LogP contribution >= 0.6 is 0 Å². The number of aliphatic hydroxyl groups excluding tert-OH is 1. The van der Waals surface area contributed by atoms with Crippen LogP contribution in [0.4, 0.5) is 0 Å². The summed E-state index contributed by atoms with van der Waals surface area (Å²) >= 11 is 0. The van der Waals surface area contributed by atoms with E-state index in [0.717, 1.165) is 45.6 Å². The number of carbonyl (C=O) groups excluding carboxylic acids is 1. The number of rotatable bonds is 6. The molecule has 100 valence electrons. The molecule has 0 aromatic rings. The summed E-state index contributed by atoms with van der Waals surface area (Å²) in [4.78, 5) is 16.5. The maximum Gasteiger partial charge on any atom is 0.225 e. The van der Waals surface area contributed by atoms with Gasteiger partial charge >= 0.3 is 0 Å². The van der Waals surface area contributed by atoms with Gasteiger partial charge in [-0.15, -0.1) is 0 Å². The van der Waals surface area contributed by atoms with Crippen molar-refractivity contribution in [2.45, 2.75) is 33.1 Å². The van der Waals surface area contributed by atoms with Gasteiger partial charge in [0.05, 0.1) is 0 Å². The summed E-state index contributed by atoms with van der Waals surface area (Å²) in [7, 11) is 0. The normalized spacial score (nSPS) is 19.4. The molecule has 1 atom stereocenters. The van der Waals surface area contributed by atoms with Crippen molar-refractivity contribution in [1.29, 1.82) is 0 Å². The summed E-state index contributed by atoms with van der Waals surface area (Å²) in [5.41, 5.74) is 0. The van der Waals surface area contributed by atoms with Gasteiger partial charge in [0.1, 0.15) is 0 Å². The van der Waals surface area contributed by atoms with Gasteiger partial charge < -0.3 is 10.0 Å². The fourth-order valence-corrected chi connectivity index (χ4v) is 2.34. The van der Waals surface area contributed by atoms with Crippen molar-refractivity contribution in [2.24, 2.45) is 5.92 Å². The molecule has 0 aromatic heterocycles. The molecule has 1 aliphatic heterocycles. The highest BCUT2D eigenvalue weighted by Gasteiger charge is 2.23. The first-order valence-electron chi connectivity index (χ1n) is 6.81. The number of aliphatic hydroxyl groups is 1. The standard InChI is InChI=1S/C13H26N2O2/c1-3-6-14-7-9-15(10-8-14)13(17)12(2)5-4-11-16/h12,16H,3-11H2,1-2H3. The minimum absolute atomic E-state index is 0.0554. The van der Waals surface area contributed by atoms with E-state index < -0.39 is 0 Å². The monoisotopic (exact) mass is 242 g/mol. The third kappa shape index (κ3) is 4.64. The van der Waals surface area contributed by atoms with Gasteiger partial charge in [0.15, 0.2) is 0 Å². The molecule has 1 unspecified atom stereocenters. The van der Waals surface area contributed by atoms with E-state index >= 15 is 0 Å². The topological polar surface area (TPSA) is 43.8 Å². The largest absolute Gasteiger partial charge is 0.396 e. The molecule has 0 radical (unpaired) electrons. The van der Waals surface area contributed by atoms with Gasteiger partial charge in [-0.3, -0.25) is 9.69 Å². The number of piperazine rings is 1. The lowest BCUT2D eigenvalue weighted by atomic mass is 10.0. The Kier molecular flexibility index (Phi) is 6.52. The van der Waals surface area contributed by atoms with Gasteiger partial charge in [-0.05, 0) is 25.8 Å². The molecule has 0 aromatic carbocycles. The highest BCUT2D eigenvalue weighted by molar-refractivity contribution is 5.78. The van der Waals surface area contributed by atoms with Crippen LogP contribution in [0.1, 0.15) is 33.1 Å². The molecule has 1 saturated heterocycles. The molecule has 17 heavy (non-hydrogen) atoms. The third-order valence-electron chi connectivity index (χ3n) is 3.44. The van der Waals surface area contributed by atoms with Gasteiger partial charge in [0.2, 0.25) is 5.91 Å². The summed E-state index contributed by atoms with van der Waals surface area (Å²) in [5.74, 6) is 0.314. The van der Waals surface area contributed by atoms with E-state index in [1.165, 1.54) is 6.42 Å². The molecule has 1 rings (SSSR count). The van der Waals surface area contributed by atoms with E-state index in [1.807, 2.05) is 11.8 Å². The Morgan fingerprint density at radius 1 is 1.29 bits per heavy atom. The number of amides is 1. The Morgan fingerprint density at radius 2 is 1.94 bits per heavy atom. The molecular formula is C13H26N2O2. The van der Waals surface area contributed by atoms with Crippen LogP contribution < -0.4 is 0 Å². The smallest absolute Gasteiger partial charge is 0.225 e. The molecule has 1 heterocycles. The van der Waals surface area contributed by atoms with Crippen LogP contribution in [-0.4, -0.2) is 60.1 Å². The van der Waals surface area contributed by atoms with E-state index in [4.69, 9.17) is 5.11 Å². The molecule has 0 saturated carbocycles. The van der Waals surface area contributed by atoms with E-state index in [0.29, 0.717) is 0 Å². The van der Waals surface area contributed by atoms with Crippen molar-refractivity contribution in [2.75, 3.05) is 39.3 Å². The highest BCUT2D eigenvalue weighted by Crippen LogP contribution is 2.12. The average Bonchev–Trinajstić information content (AvgIpc) is 2.36. The van der Waals surface area contributed by atoms with Crippen molar-refractivity contribution in [1.82, 2.24) is 9.80 Å². The second-order valence-corrected chi connectivity index (χ2v) is 4.93. The maximum atomic E-state index is 12.1. The van der Waals surface area contributed by atoms with E-state index in [2.05, 4.69) is 11.8 Å². The molecule has 1 fully saturated rings. The molecule has 0 aliphatic carbocycles. The molecule has 1 aliphatic rings. The van der Waals surface area contributed by atoms with Gasteiger partial charge in [-0.2, -0.15) is 0 Å². The Bertz CT molecular complexity index is 225. The van der Waals surface area contributed by atoms with E-state index in [9.17, 15) is 4.79 Å². The van der Waals surface area contributed by atoms with Gasteiger partial charge in [0.25, 0.3) is 0 Å². The van der Waals surface area contributed by atoms with E-state index in [1.54, 1.807) is 0 Å². The van der Waals surface area contributed by atoms with Crippen LogP contribution in [0, 0.1) is 5.92 Å². The second-order valence-electron chi connectivity index (χ2n) is 4.93. The Labute approximate surface area is 105 Å². The van der Waals surface area contributed by atoms with Crippen molar-refractivity contribution < 1.29 is 9.90 Å². The van der Waals surface area contributed by atoms with Crippen LogP contribution in [0.25, 0.3) is 0 Å². The van der Waals surface area contributed by atoms with Crippen molar-refractivity contribution in [3.8, 4) is 0 Å². The lowest BCUT2D eigenvalue weighted by molar-refractivity contribution is -0.137. The fourth-order valence-electron chi connectivity index (χ4n) is 2.34. The van der Waals surface area contributed by atoms with Gasteiger partial charge in [-0.1, -0.05) is 13.8 Å². The molecule has 4 nitrogen and oxygen atoms in total. The summed E-state index contributed by atoms with van der Waals surface area (Å²) in [6.45, 7) is 9.22. The molecule has 4 heteroatoms. The molecule has 1 N–H and O–H groups in total. The number of nitrogens with zero attached hydrogens (tertiary/aromatic N) is 2. The average molecular weight is 242 g/mol. The molecular weight excluding hydrogens is 216 g/mol. The van der Waals surface area contributed by atoms with Crippen molar-refractivity contribution in [3.05, 3.63) is 0 Å². The summed E-state index contributed by atoms with van der Waals surface area (Å²) < 4.78 is 0. The summed E-state index contributed by atoms with van der Waals surface area (Å²) in [6.07, 6.45) is 2.70. The van der Waals surface area contributed by atoms with Crippen LogP contribution in [0.2, 0.25) is 0 Å². The zero-order chi connectivity index (χ0) is 12.7. The first-order chi connectivity index (χ1) is 8.19. The first-order valence-corrected chi connectivity index (χ1v) is 6.81. The molecule has 0 spiro atoms. The maximum absolute atomic E-state index is 12.1. The Hall–Kier alpha value is -0.610. The molecule has 0 bridgehead atoms. The predicted molar refractivity (Wildman–Crippen MR) is 68.8 cm³/mol. The minimum Gasteiger partial charge on any atom is -0.396 e. The second kappa shape index (κ2) is 7.67. The number of hydrogen-bond donors (Lipinski definition) is 1. The number of hydrogen-bond acceptors (Lipinski definition) is 3. The van der Waals surface area contributed by atoms with Crippen molar-refractivity contribution >= 4 is 5.91 Å². The number of carbonyl (C=O) groups is 1. The third-order valence-corrected chi connectivity index (χ3v) is 3.44. The van der Waals surface area contributed by atoms with Crippen molar-refractivity contribution in [3.63, 3.8) is 0 Å². The zero-order valence-corrected chi connectivity index (χ0v) is 11.2. The van der Waals surface area contributed by atoms with E-state index in [-0.39, 0.29) is 18.4 Å². The van der Waals surface area contributed by atoms with Gasteiger partial charge in [-0.25, -0.2) is 0 Å². The van der Waals surface area contributed by atoms with Crippen LogP contribution in [-0.2, 0) is 4.79 Å². The SMILES string of the molecule is CCCN1CCN(C(=O)C(C)CCCO)CC1. The first kappa shape index (κ1) is 14.5. The van der Waals surface area contributed by atoms with Crippen LogP contribution in [0.15, 0.2) is 0 Å². The lowest BCUT2D eigenvalue weighted by Gasteiger charge is -2.35. The fraction of sp³-hybridized carbons (Fsp3) is 0.923. The highest BCUT2D eigenvalue weighted by atomic mass is 16.3. The summed E-state index contributed by atoms with van der Waals surface area (Å²) in [5, 5.41) is 8.77. The Balaban J connectivity index is 2.30.